The second-order valence-corrected chi connectivity index (χ2v) is 6.23. The lowest BCUT2D eigenvalue weighted by Crippen LogP contribution is -2.10. The number of rotatable bonds is 3. The van der Waals surface area contributed by atoms with E-state index in [0.29, 0.717) is 5.56 Å². The molecule has 0 fully saturated rings. The van der Waals surface area contributed by atoms with Crippen LogP contribution in [0.1, 0.15) is 33.7 Å². The third kappa shape index (κ3) is 4.35. The van der Waals surface area contributed by atoms with E-state index in [1.54, 1.807) is 0 Å². The van der Waals surface area contributed by atoms with E-state index < -0.39 is 35.2 Å². The first-order valence-corrected chi connectivity index (χ1v) is 8.15. The molecule has 0 amide bonds. The van der Waals surface area contributed by atoms with Crippen LogP contribution >= 0.6 is 0 Å². The number of hydrogen-bond donors (Lipinski definition) is 0. The van der Waals surface area contributed by atoms with E-state index >= 15 is 0 Å². The zero-order chi connectivity index (χ0) is 20.5. The Morgan fingerprint density at radius 3 is 1.36 bits per heavy atom. The molecule has 0 saturated carbocycles. The van der Waals surface area contributed by atoms with Crippen molar-refractivity contribution in [1.82, 2.24) is 0 Å². The molecule has 3 aromatic rings. The molecule has 0 aliphatic heterocycles. The molecule has 28 heavy (non-hydrogen) atoms. The minimum Gasteiger partial charge on any atom is -0.207 e. The topological polar surface area (TPSA) is 0 Å². The maximum Gasteiger partial charge on any atom is 0.416 e. The van der Waals surface area contributed by atoms with Crippen molar-refractivity contribution in [3.8, 4) is 0 Å². The first kappa shape index (κ1) is 19.9. The Kier molecular flexibility index (Phi) is 5.19. The lowest BCUT2D eigenvalue weighted by Gasteiger charge is -2.21. The number of alkyl halides is 6. The second-order valence-electron chi connectivity index (χ2n) is 6.23. The van der Waals surface area contributed by atoms with Gasteiger partial charge in [-0.3, -0.25) is 0 Å². The van der Waals surface area contributed by atoms with Gasteiger partial charge in [-0.1, -0.05) is 48.5 Å². The van der Waals surface area contributed by atoms with Crippen LogP contribution in [0.25, 0.3) is 0 Å². The monoisotopic (exact) mass is 398 g/mol. The molecule has 0 nitrogen and oxygen atoms in total. The molecule has 0 bridgehead atoms. The summed E-state index contributed by atoms with van der Waals surface area (Å²) < 4.78 is 92.0. The maximum absolute atomic E-state index is 13.3. The highest BCUT2D eigenvalue weighted by atomic mass is 19.4. The van der Waals surface area contributed by atoms with Gasteiger partial charge in [0.25, 0.3) is 0 Å². The summed E-state index contributed by atoms with van der Waals surface area (Å²) in [5.41, 5.74) is -1.14. The number of benzene rings is 3. The van der Waals surface area contributed by atoms with Crippen LogP contribution < -0.4 is 0 Å². The number of hydrogen-bond acceptors (Lipinski definition) is 0. The Balaban J connectivity index is 2.19. The van der Waals surface area contributed by atoms with Gasteiger partial charge < -0.3 is 0 Å². The zero-order valence-electron chi connectivity index (χ0n) is 14.2. The van der Waals surface area contributed by atoms with Crippen LogP contribution in [0, 0.1) is 5.82 Å². The van der Waals surface area contributed by atoms with E-state index in [2.05, 4.69) is 0 Å². The van der Waals surface area contributed by atoms with Gasteiger partial charge in [0, 0.05) is 5.92 Å². The highest BCUT2D eigenvalue weighted by Gasteiger charge is 2.33. The molecule has 0 unspecified atom stereocenters. The summed E-state index contributed by atoms with van der Waals surface area (Å²) in [7, 11) is 0. The fraction of sp³-hybridized carbons (Fsp3) is 0.143. The summed E-state index contributed by atoms with van der Waals surface area (Å²) in [5, 5.41) is 0. The molecule has 0 heterocycles. The van der Waals surface area contributed by atoms with Crippen molar-refractivity contribution in [1.29, 1.82) is 0 Å². The molecule has 0 aliphatic carbocycles. The highest BCUT2D eigenvalue weighted by molar-refractivity contribution is 5.45. The van der Waals surface area contributed by atoms with Crippen LogP contribution in [0.5, 0.6) is 0 Å². The average Bonchev–Trinajstić information content (AvgIpc) is 2.63. The molecule has 0 radical (unpaired) electrons. The molecule has 3 aromatic carbocycles. The van der Waals surface area contributed by atoms with Gasteiger partial charge in [-0.2, -0.15) is 26.3 Å². The molecular formula is C21H13F7. The van der Waals surface area contributed by atoms with Gasteiger partial charge in [0.05, 0.1) is 11.1 Å². The highest BCUT2D eigenvalue weighted by Crippen LogP contribution is 2.38. The fourth-order valence-corrected chi connectivity index (χ4v) is 3.02. The molecule has 0 aromatic heterocycles. The third-order valence-electron chi connectivity index (χ3n) is 4.30. The summed E-state index contributed by atoms with van der Waals surface area (Å²) in [4.78, 5) is 0. The van der Waals surface area contributed by atoms with Gasteiger partial charge in [-0.25, -0.2) is 4.39 Å². The van der Waals surface area contributed by atoms with Crippen molar-refractivity contribution in [2.24, 2.45) is 0 Å². The van der Waals surface area contributed by atoms with Gasteiger partial charge >= 0.3 is 12.4 Å². The molecule has 0 aliphatic rings. The molecule has 0 saturated heterocycles. The predicted octanol–water partition coefficient (Wildman–Crippen LogP) is 7.04. The standard InChI is InChI=1S/C21H13F7/c22-18-9-7-13(8-10-18)19(14-3-1-5-16(11-14)20(23,24)25)15-4-2-6-17(12-15)21(26,27)28/h1-12,19H. The van der Waals surface area contributed by atoms with Crippen LogP contribution in [-0.4, -0.2) is 0 Å². The van der Waals surface area contributed by atoms with E-state index in [-0.39, 0.29) is 11.1 Å². The molecule has 146 valence electrons. The predicted molar refractivity (Wildman–Crippen MR) is 90.2 cm³/mol. The van der Waals surface area contributed by atoms with E-state index in [1.807, 2.05) is 0 Å². The smallest absolute Gasteiger partial charge is 0.207 e. The molecule has 3 rings (SSSR count). The van der Waals surface area contributed by atoms with Crippen molar-refractivity contribution in [3.63, 3.8) is 0 Å². The van der Waals surface area contributed by atoms with E-state index in [0.717, 1.165) is 36.4 Å². The van der Waals surface area contributed by atoms with Crippen molar-refractivity contribution >= 4 is 0 Å². The zero-order valence-corrected chi connectivity index (χ0v) is 14.2. The summed E-state index contributed by atoms with van der Waals surface area (Å²) in [6, 6.07) is 13.7. The van der Waals surface area contributed by atoms with Gasteiger partial charge in [0.2, 0.25) is 0 Å². The molecular weight excluding hydrogens is 385 g/mol. The summed E-state index contributed by atoms with van der Waals surface area (Å²) >= 11 is 0. The van der Waals surface area contributed by atoms with Crippen LogP contribution in [0.4, 0.5) is 30.7 Å². The minimum absolute atomic E-state index is 0.153. The summed E-state index contributed by atoms with van der Waals surface area (Å²) in [6.45, 7) is 0. The Labute approximate surface area is 156 Å². The first-order valence-electron chi connectivity index (χ1n) is 8.15. The van der Waals surface area contributed by atoms with Crippen LogP contribution in [0.3, 0.4) is 0 Å². The van der Waals surface area contributed by atoms with E-state index in [4.69, 9.17) is 0 Å². The van der Waals surface area contributed by atoms with Crippen molar-refractivity contribution in [3.05, 3.63) is 106 Å². The van der Waals surface area contributed by atoms with Crippen molar-refractivity contribution < 1.29 is 30.7 Å². The molecule has 0 spiro atoms. The van der Waals surface area contributed by atoms with E-state index in [9.17, 15) is 30.7 Å². The van der Waals surface area contributed by atoms with Crippen molar-refractivity contribution in [2.45, 2.75) is 18.3 Å². The summed E-state index contributed by atoms with van der Waals surface area (Å²) in [5.74, 6) is -1.49. The Bertz CT molecular complexity index is 896. The largest absolute Gasteiger partial charge is 0.416 e. The third-order valence-corrected chi connectivity index (χ3v) is 4.30. The average molecular weight is 398 g/mol. The SMILES string of the molecule is Fc1ccc(C(c2cccc(C(F)(F)F)c2)c2cccc(C(F)(F)F)c2)cc1. The molecule has 0 atom stereocenters. The molecule has 0 N–H and O–H groups in total. The Hall–Kier alpha value is -2.83. The summed E-state index contributed by atoms with van der Waals surface area (Å²) in [6.07, 6.45) is -9.20. The molecule has 7 heteroatoms. The first-order chi connectivity index (χ1) is 13.1. The van der Waals surface area contributed by atoms with Gasteiger partial charge in [-0.15, -0.1) is 0 Å². The number of halogens is 7. The van der Waals surface area contributed by atoms with Crippen molar-refractivity contribution in [2.75, 3.05) is 0 Å². The maximum atomic E-state index is 13.3. The van der Waals surface area contributed by atoms with Crippen LogP contribution in [-0.2, 0) is 12.4 Å². The second kappa shape index (κ2) is 7.30. The Morgan fingerprint density at radius 1 is 0.536 bits per heavy atom. The fourth-order valence-electron chi connectivity index (χ4n) is 3.02. The van der Waals surface area contributed by atoms with Gasteiger partial charge in [0.15, 0.2) is 0 Å². The van der Waals surface area contributed by atoms with Gasteiger partial charge in [-0.05, 0) is 41.0 Å². The lowest BCUT2D eigenvalue weighted by molar-refractivity contribution is -0.138. The van der Waals surface area contributed by atoms with E-state index in [1.165, 1.54) is 36.4 Å². The van der Waals surface area contributed by atoms with Crippen LogP contribution in [0.15, 0.2) is 72.8 Å². The Morgan fingerprint density at radius 2 is 0.964 bits per heavy atom. The van der Waals surface area contributed by atoms with Crippen LogP contribution in [0.2, 0.25) is 0 Å². The minimum atomic E-state index is -4.60. The normalized spacial score (nSPS) is 12.4. The quantitative estimate of drug-likeness (QED) is 0.328. The lowest BCUT2D eigenvalue weighted by atomic mass is 9.84. The van der Waals surface area contributed by atoms with Gasteiger partial charge in [0.1, 0.15) is 5.82 Å².